The Morgan fingerprint density at radius 3 is 1.55 bits per heavy atom. The maximum Gasteiger partial charge on any atom is 0.268 e. The first-order chi connectivity index (χ1) is 40.5. The van der Waals surface area contributed by atoms with Gasteiger partial charge in [-0.1, -0.05) is 207 Å². The van der Waals surface area contributed by atoms with E-state index in [1.54, 1.807) is 0 Å². The molecule has 0 bridgehead atoms. The third-order valence-corrected chi connectivity index (χ3v) is 17.1. The molecule has 0 unspecified atom stereocenters. The second-order valence-corrected chi connectivity index (χ2v) is 25.7. The summed E-state index contributed by atoms with van der Waals surface area (Å²) in [6.07, 6.45) is 6.01. The van der Waals surface area contributed by atoms with Crippen molar-refractivity contribution in [2.75, 3.05) is 0 Å². The minimum Gasteiger partial charge on any atom is -0.510 e. The summed E-state index contributed by atoms with van der Waals surface area (Å²) < 4.78 is 16.2. The van der Waals surface area contributed by atoms with Gasteiger partial charge in [-0.15, -0.1) is 29.7 Å². The Labute approximate surface area is 511 Å². The molecule has 0 amide bonds. The summed E-state index contributed by atoms with van der Waals surface area (Å²) in [5, 5.41) is 4.60. The average molecular weight is 1280 g/mol. The third-order valence-electron chi connectivity index (χ3n) is 17.1. The topological polar surface area (TPSA) is 40.8 Å². The van der Waals surface area contributed by atoms with E-state index < -0.39 is 0 Å². The van der Waals surface area contributed by atoms with E-state index in [2.05, 4.69) is 299 Å². The van der Waals surface area contributed by atoms with Crippen LogP contribution in [0.25, 0.3) is 122 Å². The number of benzene rings is 10. The summed E-state index contributed by atoms with van der Waals surface area (Å²) in [5.41, 5.74) is 21.6. The summed E-state index contributed by atoms with van der Waals surface area (Å²) in [6, 6.07) is 84.8. The van der Waals surface area contributed by atoms with Gasteiger partial charge in [0.05, 0.1) is 33.4 Å². The molecular formula is C78H63N5OPt-2. The predicted molar refractivity (Wildman–Crippen MR) is 346 cm³/mol. The first-order valence-electron chi connectivity index (χ1n) is 29.2. The number of nitrogens with zero attached hydrogens (tertiary/aromatic N) is 5. The molecule has 1 aliphatic rings. The molecule has 0 radical (unpaired) electrons. The van der Waals surface area contributed by atoms with Crippen LogP contribution in [0.1, 0.15) is 79.0 Å². The predicted octanol–water partition coefficient (Wildman–Crippen LogP) is 19.6. The number of hydrogen-bond acceptors (Lipinski definition) is 2. The van der Waals surface area contributed by atoms with E-state index >= 15 is 0 Å². The molecule has 1 aliphatic heterocycles. The molecule has 5 heterocycles. The van der Waals surface area contributed by atoms with Crippen LogP contribution in [0.2, 0.25) is 0 Å². The molecule has 15 rings (SSSR count). The van der Waals surface area contributed by atoms with Gasteiger partial charge in [0.1, 0.15) is 5.82 Å². The van der Waals surface area contributed by atoms with E-state index in [9.17, 15) is 0 Å². The molecule has 10 aromatic carbocycles. The van der Waals surface area contributed by atoms with E-state index in [0.29, 0.717) is 11.5 Å². The van der Waals surface area contributed by atoms with Crippen LogP contribution in [0, 0.1) is 18.5 Å². The van der Waals surface area contributed by atoms with Crippen molar-refractivity contribution in [1.82, 2.24) is 18.7 Å². The van der Waals surface area contributed by atoms with E-state index in [0.717, 1.165) is 100 Å². The van der Waals surface area contributed by atoms with Crippen molar-refractivity contribution in [3.05, 3.63) is 254 Å². The summed E-state index contributed by atoms with van der Waals surface area (Å²) in [4.78, 5) is 4.94. The molecule has 4 aromatic heterocycles. The summed E-state index contributed by atoms with van der Waals surface area (Å²) in [6.45, 7) is 20.6. The molecule has 0 aliphatic carbocycles. The fourth-order valence-corrected chi connectivity index (χ4v) is 12.8. The molecule has 7 heteroatoms. The number of para-hydroxylation sites is 4. The number of aromatic nitrogens is 5. The summed E-state index contributed by atoms with van der Waals surface area (Å²) >= 11 is 0. The molecular weight excluding hydrogens is 1220 g/mol. The van der Waals surface area contributed by atoms with Crippen LogP contribution >= 0.6 is 0 Å². The van der Waals surface area contributed by atoms with Gasteiger partial charge in [0.25, 0.3) is 6.33 Å². The molecule has 0 saturated carbocycles. The Morgan fingerprint density at radius 2 is 0.929 bits per heavy atom. The minimum atomic E-state index is -0.0932. The zero-order valence-electron chi connectivity index (χ0n) is 49.2. The maximum atomic E-state index is 6.94. The van der Waals surface area contributed by atoms with Crippen molar-refractivity contribution in [3.8, 4) is 78.9 Å². The molecule has 6 nitrogen and oxygen atoms in total. The molecule has 0 N–H and O–H groups in total. The van der Waals surface area contributed by atoms with Crippen LogP contribution in [0.15, 0.2) is 219 Å². The minimum absolute atomic E-state index is 0. The number of fused-ring (bicyclic) bond motifs is 13. The number of rotatable bonds is 6. The average Bonchev–Trinajstić information content (AvgIpc) is 1.72. The van der Waals surface area contributed by atoms with Crippen molar-refractivity contribution >= 4 is 54.6 Å². The van der Waals surface area contributed by atoms with Crippen LogP contribution in [-0.2, 0) is 37.3 Å². The number of hydrogen-bond donors (Lipinski definition) is 0. The number of pyridine rings is 1. The fraction of sp³-hybridized carbons (Fsp3) is 0.154. The van der Waals surface area contributed by atoms with Crippen LogP contribution in [0.5, 0.6) is 11.5 Å². The van der Waals surface area contributed by atoms with Gasteiger partial charge in [0.15, 0.2) is 0 Å². The molecule has 0 spiro atoms. The standard InChI is InChI=1S/C78H63N5O.Pt/c1-76(2,3)51-38-39-79-73(45-51)83-69-34-19-16-30-63(69)64-37-36-56(47-71(64)83)84-55-23-20-22-54(46-55)80-48-81-74-65(31-21-35-70(74)82-67-32-17-14-28-61(67)62-29-15-18-33-68(62)82)59-26-12-10-24-57(59)58-25-11-13-27-60(58)66-42-50(43-72(80)75(66)81)49-40-52(77(4,5)6)44-53(41-49)78(7,8)9;/h10-45H,1-9H3;/q-2;. The Balaban J connectivity index is 0.00000640. The molecule has 418 valence electrons. The van der Waals surface area contributed by atoms with Crippen LogP contribution in [-0.4, -0.2) is 18.7 Å². The smallest absolute Gasteiger partial charge is 0.268 e. The van der Waals surface area contributed by atoms with Gasteiger partial charge in [0, 0.05) is 55.1 Å². The molecule has 85 heavy (non-hydrogen) atoms. The zero-order valence-corrected chi connectivity index (χ0v) is 51.5. The van der Waals surface area contributed by atoms with Gasteiger partial charge in [-0.25, -0.2) is 4.98 Å². The van der Waals surface area contributed by atoms with E-state index in [1.807, 2.05) is 18.3 Å². The number of ether oxygens (including phenoxy) is 1. The molecule has 0 atom stereocenters. The first kappa shape index (κ1) is 53.9. The fourth-order valence-electron chi connectivity index (χ4n) is 12.8. The van der Waals surface area contributed by atoms with Crippen molar-refractivity contribution in [3.63, 3.8) is 0 Å². The van der Waals surface area contributed by atoms with Gasteiger partial charge >= 0.3 is 0 Å². The Kier molecular flexibility index (Phi) is 12.7. The zero-order chi connectivity index (χ0) is 57.4. The molecule has 0 saturated heterocycles. The van der Waals surface area contributed by atoms with Crippen molar-refractivity contribution < 1.29 is 30.4 Å². The van der Waals surface area contributed by atoms with E-state index in [-0.39, 0.29) is 37.3 Å². The number of imidazole rings is 1. The third kappa shape index (κ3) is 8.95. The molecule has 0 fully saturated rings. The van der Waals surface area contributed by atoms with E-state index in [1.165, 1.54) is 38.6 Å². The summed E-state index contributed by atoms with van der Waals surface area (Å²) in [5.74, 6) is 1.96. The van der Waals surface area contributed by atoms with Crippen LogP contribution in [0.3, 0.4) is 0 Å². The van der Waals surface area contributed by atoms with Crippen LogP contribution in [0.4, 0.5) is 0 Å². The van der Waals surface area contributed by atoms with Crippen LogP contribution < -0.4 is 9.30 Å². The van der Waals surface area contributed by atoms with Gasteiger partial charge < -0.3 is 18.4 Å². The van der Waals surface area contributed by atoms with Gasteiger partial charge in [-0.05, 0) is 131 Å². The summed E-state index contributed by atoms with van der Waals surface area (Å²) in [7, 11) is 0. The van der Waals surface area contributed by atoms with Crippen molar-refractivity contribution in [2.45, 2.75) is 78.6 Å². The van der Waals surface area contributed by atoms with Gasteiger partial charge in [-0.3, -0.25) is 4.57 Å². The Hall–Kier alpha value is -9.09. The quantitative estimate of drug-likeness (QED) is 0.123. The monoisotopic (exact) mass is 1280 g/mol. The second kappa shape index (κ2) is 20.0. The maximum absolute atomic E-state index is 6.94. The van der Waals surface area contributed by atoms with Gasteiger partial charge in [0.2, 0.25) is 0 Å². The second-order valence-electron chi connectivity index (χ2n) is 25.7. The Morgan fingerprint density at radius 1 is 0.412 bits per heavy atom. The largest absolute Gasteiger partial charge is 0.510 e. The molecule has 14 aromatic rings. The van der Waals surface area contributed by atoms with Crippen molar-refractivity contribution in [2.24, 2.45) is 0 Å². The SMILES string of the molecule is CC(C)(C)c1cc(-c2cc3c4c(c2)n(-c2[c-]c(Oc5[c-]c6c(cc5)c5ccccc5n6-c5cc(C(C)(C)C)ccn5)ccc2)[c-][n+]4-c2c(cccc2-n2c4ccccc4c4ccccc42)-c2ccccc2-c2ccccc2-3)cc(C(C)(C)C)c1.[Pt]. The Bertz CT molecular complexity index is 4930. The van der Waals surface area contributed by atoms with Gasteiger partial charge in [-0.2, -0.15) is 18.2 Å². The van der Waals surface area contributed by atoms with Crippen molar-refractivity contribution in [1.29, 1.82) is 0 Å². The first-order valence-corrected chi connectivity index (χ1v) is 29.2. The van der Waals surface area contributed by atoms with E-state index in [4.69, 9.17) is 9.72 Å². The normalized spacial score (nSPS) is 12.4.